The smallest absolute Gasteiger partial charge is 0.241 e. The lowest BCUT2D eigenvalue weighted by molar-refractivity contribution is -0.113. The number of carbonyl (C=O) groups excluding carboxylic acids is 1. The molecule has 1 aromatic rings. The van der Waals surface area contributed by atoms with Gasteiger partial charge in [-0.1, -0.05) is 12.1 Å². The molecule has 0 aliphatic heterocycles. The second-order valence-electron chi connectivity index (χ2n) is 2.74. The molecule has 0 saturated heterocycles. The summed E-state index contributed by atoms with van der Waals surface area (Å²) in [5, 5.41) is 0. The standard InChI is InChI=1S/C11H13NO2/c1-2-14-10-5-3-4-9(8-10)6-7-11(12)13/h3-8H,2H2,1H3,(H2,12,13)/b7-6+. The molecule has 0 spiro atoms. The minimum absolute atomic E-state index is 0.452. The first-order valence-electron chi connectivity index (χ1n) is 4.42. The summed E-state index contributed by atoms with van der Waals surface area (Å²) < 4.78 is 5.30. The SMILES string of the molecule is CCOc1cccc(/C=C/C(N)=O)c1. The van der Waals surface area contributed by atoms with Gasteiger partial charge in [0.05, 0.1) is 6.61 Å². The van der Waals surface area contributed by atoms with Crippen LogP contribution in [0.4, 0.5) is 0 Å². The Morgan fingerprint density at radius 3 is 3.00 bits per heavy atom. The van der Waals surface area contributed by atoms with Gasteiger partial charge in [-0.25, -0.2) is 0 Å². The number of nitrogens with two attached hydrogens (primary N) is 1. The predicted octanol–water partition coefficient (Wildman–Crippen LogP) is 1.58. The third kappa shape index (κ3) is 3.31. The van der Waals surface area contributed by atoms with Crippen LogP contribution in [0.15, 0.2) is 30.3 Å². The van der Waals surface area contributed by atoms with E-state index in [0.717, 1.165) is 11.3 Å². The van der Waals surface area contributed by atoms with E-state index in [1.165, 1.54) is 6.08 Å². The van der Waals surface area contributed by atoms with Gasteiger partial charge in [0.25, 0.3) is 0 Å². The van der Waals surface area contributed by atoms with E-state index < -0.39 is 5.91 Å². The molecule has 0 atom stereocenters. The molecule has 1 aromatic carbocycles. The minimum atomic E-state index is -0.452. The molecule has 14 heavy (non-hydrogen) atoms. The van der Waals surface area contributed by atoms with E-state index in [1.54, 1.807) is 6.08 Å². The highest BCUT2D eigenvalue weighted by atomic mass is 16.5. The summed E-state index contributed by atoms with van der Waals surface area (Å²) in [6.07, 6.45) is 2.98. The van der Waals surface area contributed by atoms with E-state index >= 15 is 0 Å². The second kappa shape index (κ2) is 5.07. The van der Waals surface area contributed by atoms with Gasteiger partial charge in [0.1, 0.15) is 5.75 Å². The van der Waals surface area contributed by atoms with Crippen LogP contribution in [0, 0.1) is 0 Å². The highest BCUT2D eigenvalue weighted by Crippen LogP contribution is 2.14. The Hall–Kier alpha value is -1.77. The number of hydrogen-bond acceptors (Lipinski definition) is 2. The van der Waals surface area contributed by atoms with Crippen LogP contribution in [-0.4, -0.2) is 12.5 Å². The average Bonchev–Trinajstić information content (AvgIpc) is 2.16. The van der Waals surface area contributed by atoms with Crippen LogP contribution < -0.4 is 10.5 Å². The van der Waals surface area contributed by atoms with E-state index in [9.17, 15) is 4.79 Å². The molecule has 0 aliphatic rings. The fourth-order valence-electron chi connectivity index (χ4n) is 1.05. The Kier molecular flexibility index (Phi) is 3.73. The van der Waals surface area contributed by atoms with Crippen molar-refractivity contribution in [2.24, 2.45) is 5.73 Å². The summed E-state index contributed by atoms with van der Waals surface area (Å²) in [5.41, 5.74) is 5.88. The minimum Gasteiger partial charge on any atom is -0.494 e. The van der Waals surface area contributed by atoms with Crippen molar-refractivity contribution >= 4 is 12.0 Å². The molecule has 0 aromatic heterocycles. The maximum atomic E-state index is 10.5. The van der Waals surface area contributed by atoms with Gasteiger partial charge in [-0.05, 0) is 30.7 Å². The average molecular weight is 191 g/mol. The van der Waals surface area contributed by atoms with Crippen LogP contribution in [0.5, 0.6) is 5.75 Å². The van der Waals surface area contributed by atoms with Gasteiger partial charge in [0.2, 0.25) is 5.91 Å². The number of benzene rings is 1. The van der Waals surface area contributed by atoms with Crippen molar-refractivity contribution in [1.29, 1.82) is 0 Å². The highest BCUT2D eigenvalue weighted by Gasteiger charge is 1.93. The topological polar surface area (TPSA) is 52.3 Å². The fourth-order valence-corrected chi connectivity index (χ4v) is 1.05. The van der Waals surface area contributed by atoms with E-state index in [0.29, 0.717) is 6.61 Å². The molecular formula is C11H13NO2. The van der Waals surface area contributed by atoms with Crippen molar-refractivity contribution in [3.8, 4) is 5.75 Å². The Morgan fingerprint density at radius 1 is 1.57 bits per heavy atom. The molecule has 1 rings (SSSR count). The van der Waals surface area contributed by atoms with Gasteiger partial charge in [-0.2, -0.15) is 0 Å². The van der Waals surface area contributed by atoms with Crippen molar-refractivity contribution in [2.75, 3.05) is 6.61 Å². The maximum absolute atomic E-state index is 10.5. The lowest BCUT2D eigenvalue weighted by atomic mass is 10.2. The lowest BCUT2D eigenvalue weighted by Crippen LogP contribution is -2.05. The van der Waals surface area contributed by atoms with Crippen molar-refractivity contribution in [1.82, 2.24) is 0 Å². The van der Waals surface area contributed by atoms with Gasteiger partial charge in [-0.3, -0.25) is 4.79 Å². The Bertz CT molecular complexity index is 345. The Morgan fingerprint density at radius 2 is 2.36 bits per heavy atom. The quantitative estimate of drug-likeness (QED) is 0.734. The molecule has 3 heteroatoms. The summed E-state index contributed by atoms with van der Waals surface area (Å²) in [6.45, 7) is 2.55. The van der Waals surface area contributed by atoms with Crippen molar-refractivity contribution in [3.05, 3.63) is 35.9 Å². The summed E-state index contributed by atoms with van der Waals surface area (Å²) >= 11 is 0. The summed E-state index contributed by atoms with van der Waals surface area (Å²) in [4.78, 5) is 10.5. The van der Waals surface area contributed by atoms with Crippen molar-refractivity contribution in [2.45, 2.75) is 6.92 Å². The first kappa shape index (κ1) is 10.3. The predicted molar refractivity (Wildman–Crippen MR) is 55.8 cm³/mol. The highest BCUT2D eigenvalue weighted by molar-refractivity contribution is 5.90. The van der Waals surface area contributed by atoms with Gasteiger partial charge < -0.3 is 10.5 Å². The van der Waals surface area contributed by atoms with E-state index in [4.69, 9.17) is 10.5 Å². The van der Waals surface area contributed by atoms with E-state index in [-0.39, 0.29) is 0 Å². The van der Waals surface area contributed by atoms with Crippen LogP contribution >= 0.6 is 0 Å². The summed E-state index contributed by atoms with van der Waals surface area (Å²) in [6, 6.07) is 7.46. The largest absolute Gasteiger partial charge is 0.494 e. The molecular weight excluding hydrogens is 178 g/mol. The Labute approximate surface area is 83.2 Å². The molecule has 1 amide bonds. The molecule has 0 fully saturated rings. The Balaban J connectivity index is 2.77. The molecule has 2 N–H and O–H groups in total. The molecule has 0 heterocycles. The lowest BCUT2D eigenvalue weighted by Gasteiger charge is -2.02. The molecule has 0 saturated carbocycles. The molecule has 0 bridgehead atoms. The third-order valence-electron chi connectivity index (χ3n) is 1.61. The zero-order valence-electron chi connectivity index (χ0n) is 8.07. The number of amides is 1. The molecule has 0 unspecified atom stereocenters. The first-order valence-corrected chi connectivity index (χ1v) is 4.42. The van der Waals surface area contributed by atoms with E-state index in [2.05, 4.69) is 0 Å². The molecule has 0 radical (unpaired) electrons. The molecule has 3 nitrogen and oxygen atoms in total. The third-order valence-corrected chi connectivity index (χ3v) is 1.61. The zero-order chi connectivity index (χ0) is 10.4. The van der Waals surface area contributed by atoms with Crippen molar-refractivity contribution < 1.29 is 9.53 Å². The van der Waals surface area contributed by atoms with Gasteiger partial charge in [-0.15, -0.1) is 0 Å². The first-order chi connectivity index (χ1) is 6.72. The number of ether oxygens (including phenoxy) is 1. The van der Waals surface area contributed by atoms with Crippen LogP contribution in [0.3, 0.4) is 0 Å². The van der Waals surface area contributed by atoms with E-state index in [1.807, 2.05) is 31.2 Å². The zero-order valence-corrected chi connectivity index (χ0v) is 8.07. The van der Waals surface area contributed by atoms with Crippen molar-refractivity contribution in [3.63, 3.8) is 0 Å². The number of primary amides is 1. The maximum Gasteiger partial charge on any atom is 0.241 e. The second-order valence-corrected chi connectivity index (χ2v) is 2.74. The van der Waals surface area contributed by atoms with Gasteiger partial charge in [0.15, 0.2) is 0 Å². The van der Waals surface area contributed by atoms with Gasteiger partial charge in [0, 0.05) is 6.08 Å². The summed E-state index contributed by atoms with van der Waals surface area (Å²) in [7, 11) is 0. The van der Waals surface area contributed by atoms with Crippen LogP contribution in [0.25, 0.3) is 6.08 Å². The van der Waals surface area contributed by atoms with Crippen LogP contribution in [0.2, 0.25) is 0 Å². The summed E-state index contributed by atoms with van der Waals surface area (Å²) in [5.74, 6) is 0.339. The fraction of sp³-hybridized carbons (Fsp3) is 0.182. The molecule has 74 valence electrons. The number of rotatable bonds is 4. The normalized spacial score (nSPS) is 10.4. The van der Waals surface area contributed by atoms with Crippen LogP contribution in [-0.2, 0) is 4.79 Å². The number of hydrogen-bond donors (Lipinski definition) is 1. The van der Waals surface area contributed by atoms with Gasteiger partial charge >= 0.3 is 0 Å². The number of carbonyl (C=O) groups is 1. The van der Waals surface area contributed by atoms with Crippen LogP contribution in [0.1, 0.15) is 12.5 Å². The molecule has 0 aliphatic carbocycles. The monoisotopic (exact) mass is 191 g/mol.